The first kappa shape index (κ1) is 31.7. The minimum atomic E-state index is -4.07. The molecular weight excluding hydrogens is 602 g/mol. The van der Waals surface area contributed by atoms with Gasteiger partial charge in [0.1, 0.15) is 5.58 Å². The van der Waals surface area contributed by atoms with Gasteiger partial charge < -0.3 is 19.0 Å². The number of para-hydroxylation sites is 2. The summed E-state index contributed by atoms with van der Waals surface area (Å²) in [6, 6.07) is 22.1. The van der Waals surface area contributed by atoms with Gasteiger partial charge in [0.05, 0.1) is 22.9 Å². The predicted molar refractivity (Wildman–Crippen MR) is 179 cm³/mol. The maximum absolute atomic E-state index is 14.6. The van der Waals surface area contributed by atoms with E-state index in [0.717, 1.165) is 36.9 Å². The van der Waals surface area contributed by atoms with E-state index in [1.807, 2.05) is 59.5 Å². The summed E-state index contributed by atoms with van der Waals surface area (Å²) in [5, 5.41) is 0.545. The Morgan fingerprint density at radius 1 is 0.935 bits per heavy atom. The van der Waals surface area contributed by atoms with Gasteiger partial charge in [-0.2, -0.15) is 0 Å². The fourth-order valence-electron chi connectivity index (χ4n) is 6.67. The van der Waals surface area contributed by atoms with Gasteiger partial charge in [-0.25, -0.2) is 13.2 Å². The number of nitrogens with zero attached hydrogens (tertiary/aromatic N) is 3. The van der Waals surface area contributed by atoms with Crippen molar-refractivity contribution >= 4 is 44.2 Å². The highest BCUT2D eigenvalue weighted by atomic mass is 32.2. The van der Waals surface area contributed by atoms with Crippen LogP contribution in [-0.2, 0) is 26.0 Å². The predicted octanol–water partition coefficient (Wildman–Crippen LogP) is 6.19. The SMILES string of the molecule is CCOC(=O)c1oc2ccc(S(=O)(=O)N(CCc3ccccc3)c3ccccc3N3CCN(C(=O)C4CCCC4)CC3)cc2c1C. The van der Waals surface area contributed by atoms with Crippen LogP contribution in [-0.4, -0.2) is 64.5 Å². The van der Waals surface area contributed by atoms with Crippen LogP contribution in [0.1, 0.15) is 54.3 Å². The van der Waals surface area contributed by atoms with Crippen molar-refractivity contribution in [2.24, 2.45) is 5.92 Å². The Bertz CT molecular complexity index is 1810. The highest BCUT2D eigenvalue weighted by Gasteiger charge is 2.33. The summed E-state index contributed by atoms with van der Waals surface area (Å²) in [6.45, 7) is 6.35. The molecule has 1 aliphatic heterocycles. The van der Waals surface area contributed by atoms with E-state index in [0.29, 0.717) is 54.8 Å². The van der Waals surface area contributed by atoms with E-state index in [1.165, 1.54) is 10.4 Å². The summed E-state index contributed by atoms with van der Waals surface area (Å²) < 4.78 is 41.6. The Morgan fingerprint density at radius 3 is 2.35 bits per heavy atom. The Kier molecular flexibility index (Phi) is 9.35. The third-order valence-corrected chi connectivity index (χ3v) is 11.0. The Hall–Kier alpha value is -4.31. The molecule has 2 fully saturated rings. The van der Waals surface area contributed by atoms with E-state index in [9.17, 15) is 18.0 Å². The number of furan rings is 1. The second kappa shape index (κ2) is 13.6. The molecule has 0 radical (unpaired) electrons. The number of benzene rings is 3. The van der Waals surface area contributed by atoms with Gasteiger partial charge in [0, 0.05) is 49.6 Å². The van der Waals surface area contributed by atoms with Crippen LogP contribution in [0.4, 0.5) is 11.4 Å². The van der Waals surface area contributed by atoms with Gasteiger partial charge in [0.2, 0.25) is 11.7 Å². The van der Waals surface area contributed by atoms with Crippen LogP contribution < -0.4 is 9.21 Å². The van der Waals surface area contributed by atoms with Gasteiger partial charge in [0.25, 0.3) is 10.0 Å². The molecule has 6 rings (SSSR count). The van der Waals surface area contributed by atoms with Gasteiger partial charge in [0.15, 0.2) is 0 Å². The number of amides is 1. The number of carbonyl (C=O) groups is 2. The van der Waals surface area contributed by atoms with Crippen LogP contribution in [0.3, 0.4) is 0 Å². The lowest BCUT2D eigenvalue weighted by molar-refractivity contribution is -0.135. The molecule has 4 aromatic rings. The molecule has 242 valence electrons. The number of piperazine rings is 1. The topological polar surface area (TPSA) is 100 Å². The fourth-order valence-corrected chi connectivity index (χ4v) is 8.17. The number of hydrogen-bond donors (Lipinski definition) is 0. The highest BCUT2D eigenvalue weighted by Crippen LogP contribution is 2.36. The minimum Gasteiger partial charge on any atom is -0.460 e. The van der Waals surface area contributed by atoms with Crippen molar-refractivity contribution in [3.63, 3.8) is 0 Å². The summed E-state index contributed by atoms with van der Waals surface area (Å²) in [4.78, 5) is 29.8. The lowest BCUT2D eigenvalue weighted by Crippen LogP contribution is -2.50. The standard InChI is InChI=1S/C36H41N3O6S/c1-3-44-36(41)34-26(2)30-25-29(17-18-33(30)45-34)46(42,43)39(20-19-27-11-5-4-6-12-27)32-16-10-9-15-31(32)37-21-23-38(24-22-37)35(40)28-13-7-8-14-28/h4-6,9-12,15-18,25,28H,3,7-8,13-14,19-24H2,1-2H3. The second-order valence-corrected chi connectivity index (χ2v) is 13.9. The van der Waals surface area contributed by atoms with Crippen LogP contribution in [0.25, 0.3) is 11.0 Å². The number of esters is 1. The smallest absolute Gasteiger partial charge is 0.374 e. The number of sulfonamides is 1. The molecule has 1 saturated heterocycles. The maximum atomic E-state index is 14.6. The summed E-state index contributed by atoms with van der Waals surface area (Å²) in [6.07, 6.45) is 4.71. The van der Waals surface area contributed by atoms with Gasteiger partial charge >= 0.3 is 5.97 Å². The molecule has 9 nitrogen and oxygen atoms in total. The van der Waals surface area contributed by atoms with E-state index in [4.69, 9.17) is 9.15 Å². The first-order valence-corrected chi connectivity index (χ1v) is 17.6. The molecule has 2 aliphatic rings. The van der Waals surface area contributed by atoms with Crippen molar-refractivity contribution in [2.45, 2.75) is 50.8 Å². The average Bonchev–Trinajstić information content (AvgIpc) is 3.74. The molecule has 3 aromatic carbocycles. The van der Waals surface area contributed by atoms with Gasteiger partial charge in [-0.15, -0.1) is 0 Å². The zero-order valence-corrected chi connectivity index (χ0v) is 27.3. The molecule has 0 unspecified atom stereocenters. The Balaban J connectivity index is 1.33. The van der Waals surface area contributed by atoms with Crippen LogP contribution >= 0.6 is 0 Å². The van der Waals surface area contributed by atoms with Crippen LogP contribution in [0, 0.1) is 12.8 Å². The number of fused-ring (bicyclic) bond motifs is 1. The summed E-state index contributed by atoms with van der Waals surface area (Å²) in [5.41, 5.74) is 3.38. The molecule has 1 aromatic heterocycles. The van der Waals surface area contributed by atoms with Gasteiger partial charge in [-0.3, -0.25) is 9.10 Å². The first-order valence-electron chi connectivity index (χ1n) is 16.2. The maximum Gasteiger partial charge on any atom is 0.374 e. The third kappa shape index (κ3) is 6.35. The number of rotatable bonds is 10. The lowest BCUT2D eigenvalue weighted by atomic mass is 10.1. The molecule has 2 heterocycles. The van der Waals surface area contributed by atoms with E-state index < -0.39 is 16.0 Å². The molecule has 0 bridgehead atoms. The molecule has 0 N–H and O–H groups in total. The van der Waals surface area contributed by atoms with E-state index >= 15 is 0 Å². The van der Waals surface area contributed by atoms with Gasteiger partial charge in [-0.1, -0.05) is 55.3 Å². The fraction of sp³-hybridized carbons (Fsp3) is 0.389. The van der Waals surface area contributed by atoms with E-state index in [-0.39, 0.29) is 35.6 Å². The van der Waals surface area contributed by atoms with Crippen molar-refractivity contribution in [1.29, 1.82) is 0 Å². The third-order valence-electron chi connectivity index (χ3n) is 9.19. The summed E-state index contributed by atoms with van der Waals surface area (Å²) in [7, 11) is -4.07. The average molecular weight is 644 g/mol. The largest absolute Gasteiger partial charge is 0.460 e. The number of carbonyl (C=O) groups excluding carboxylic acids is 2. The Labute approximate surface area is 270 Å². The number of aryl methyl sites for hydroxylation is 1. The quantitative estimate of drug-likeness (QED) is 0.190. The summed E-state index contributed by atoms with van der Waals surface area (Å²) in [5.74, 6) is -0.108. The second-order valence-electron chi connectivity index (χ2n) is 12.0. The van der Waals surface area contributed by atoms with E-state index in [2.05, 4.69) is 4.90 Å². The highest BCUT2D eigenvalue weighted by molar-refractivity contribution is 7.92. The lowest BCUT2D eigenvalue weighted by Gasteiger charge is -2.39. The Morgan fingerprint density at radius 2 is 1.63 bits per heavy atom. The summed E-state index contributed by atoms with van der Waals surface area (Å²) >= 11 is 0. The molecule has 1 aliphatic carbocycles. The van der Waals surface area contributed by atoms with Crippen molar-refractivity contribution in [1.82, 2.24) is 4.90 Å². The van der Waals surface area contributed by atoms with Crippen LogP contribution in [0.15, 0.2) is 82.1 Å². The zero-order valence-electron chi connectivity index (χ0n) is 26.5. The number of anilines is 2. The molecule has 1 saturated carbocycles. The first-order chi connectivity index (χ1) is 22.3. The van der Waals surface area contributed by atoms with Crippen molar-refractivity contribution < 1.29 is 27.2 Å². The van der Waals surface area contributed by atoms with E-state index in [1.54, 1.807) is 26.0 Å². The number of hydrogen-bond acceptors (Lipinski definition) is 7. The zero-order chi connectivity index (χ0) is 32.3. The van der Waals surface area contributed by atoms with Crippen molar-refractivity contribution in [3.05, 3.63) is 89.7 Å². The molecule has 10 heteroatoms. The molecule has 46 heavy (non-hydrogen) atoms. The molecule has 1 amide bonds. The van der Waals surface area contributed by atoms with Crippen LogP contribution in [0.5, 0.6) is 0 Å². The van der Waals surface area contributed by atoms with Crippen molar-refractivity contribution in [3.8, 4) is 0 Å². The molecule has 0 atom stereocenters. The molecule has 0 spiro atoms. The monoisotopic (exact) mass is 643 g/mol. The molecular formula is C36H41N3O6S. The normalized spacial score (nSPS) is 15.8. The minimum absolute atomic E-state index is 0.0724. The van der Waals surface area contributed by atoms with Gasteiger partial charge in [-0.05, 0) is 69.0 Å². The number of ether oxygens (including phenoxy) is 1. The van der Waals surface area contributed by atoms with Crippen LogP contribution in [0.2, 0.25) is 0 Å². The van der Waals surface area contributed by atoms with Crippen molar-refractivity contribution in [2.75, 3.05) is 48.5 Å².